The molecule has 0 atom stereocenters. The molecule has 2 heterocycles. The van der Waals surface area contributed by atoms with Crippen molar-refractivity contribution in [2.75, 3.05) is 0 Å². The van der Waals surface area contributed by atoms with E-state index in [1.807, 2.05) is 0 Å². The summed E-state index contributed by atoms with van der Waals surface area (Å²) in [4.78, 5) is 27.1. The molecule has 110 valence electrons. The first-order valence-electron chi connectivity index (χ1n) is 6.96. The van der Waals surface area contributed by atoms with E-state index in [2.05, 4.69) is 15.4 Å². The third-order valence-electron chi connectivity index (χ3n) is 3.95. The summed E-state index contributed by atoms with van der Waals surface area (Å²) in [5.74, 6) is -1.17. The Kier molecular flexibility index (Phi) is 3.55. The number of fused-ring (bicyclic) bond motifs is 1. The van der Waals surface area contributed by atoms with Gasteiger partial charge in [-0.2, -0.15) is 5.10 Å². The van der Waals surface area contributed by atoms with Crippen LogP contribution in [0.2, 0.25) is 0 Å². The maximum absolute atomic E-state index is 12.2. The van der Waals surface area contributed by atoms with Gasteiger partial charge in [-0.3, -0.25) is 9.59 Å². The van der Waals surface area contributed by atoms with E-state index in [1.54, 1.807) is 22.8 Å². The summed E-state index contributed by atoms with van der Waals surface area (Å²) < 4.78 is 1.55. The highest BCUT2D eigenvalue weighted by molar-refractivity contribution is 5.94. The van der Waals surface area contributed by atoms with E-state index < -0.39 is 5.97 Å². The number of aliphatic carboxylic acids is 1. The maximum Gasteiger partial charge on any atom is 0.306 e. The van der Waals surface area contributed by atoms with E-state index in [0.717, 1.165) is 0 Å². The van der Waals surface area contributed by atoms with Crippen molar-refractivity contribution in [1.29, 1.82) is 0 Å². The SMILES string of the molecule is O=C(NC1CCC(C(=O)O)CC1)c1ccc2ncnn2c1. The zero-order valence-corrected chi connectivity index (χ0v) is 11.4. The second-order valence-corrected chi connectivity index (χ2v) is 5.34. The first kappa shape index (κ1) is 13.5. The Morgan fingerprint density at radius 2 is 2.00 bits per heavy atom. The molecule has 0 radical (unpaired) electrons. The third kappa shape index (κ3) is 2.86. The van der Waals surface area contributed by atoms with Gasteiger partial charge in [0.05, 0.1) is 11.5 Å². The minimum absolute atomic E-state index is 0.0412. The van der Waals surface area contributed by atoms with Gasteiger partial charge in [0.25, 0.3) is 5.91 Å². The number of amides is 1. The van der Waals surface area contributed by atoms with Crippen LogP contribution in [0.4, 0.5) is 0 Å². The topological polar surface area (TPSA) is 96.6 Å². The van der Waals surface area contributed by atoms with Crippen molar-refractivity contribution in [3.63, 3.8) is 0 Å². The van der Waals surface area contributed by atoms with E-state index in [-0.39, 0.29) is 17.9 Å². The number of pyridine rings is 1. The van der Waals surface area contributed by atoms with Gasteiger partial charge < -0.3 is 10.4 Å². The summed E-state index contributed by atoms with van der Waals surface area (Å²) in [6.07, 6.45) is 5.71. The molecule has 0 aliphatic heterocycles. The number of carboxylic acid groups (broad SMARTS) is 1. The molecule has 1 amide bonds. The predicted molar refractivity (Wildman–Crippen MR) is 73.8 cm³/mol. The van der Waals surface area contributed by atoms with Gasteiger partial charge in [-0.25, -0.2) is 9.50 Å². The number of hydrogen-bond donors (Lipinski definition) is 2. The van der Waals surface area contributed by atoms with Crippen molar-refractivity contribution in [1.82, 2.24) is 19.9 Å². The standard InChI is InChI=1S/C14H16N4O3/c19-13(10-3-6-12-15-8-16-18(12)7-10)17-11-4-1-9(2-5-11)14(20)21/h3,6-9,11H,1-2,4-5H2,(H,17,19)(H,20,21). The van der Waals surface area contributed by atoms with Crippen LogP contribution in [-0.4, -0.2) is 37.6 Å². The van der Waals surface area contributed by atoms with E-state index in [9.17, 15) is 9.59 Å². The molecule has 21 heavy (non-hydrogen) atoms. The molecule has 1 fully saturated rings. The Labute approximate surface area is 121 Å². The summed E-state index contributed by atoms with van der Waals surface area (Å²) in [6.45, 7) is 0. The van der Waals surface area contributed by atoms with E-state index in [4.69, 9.17) is 5.11 Å². The molecule has 2 N–H and O–H groups in total. The fourth-order valence-corrected chi connectivity index (χ4v) is 2.70. The van der Waals surface area contributed by atoms with Crippen molar-refractivity contribution in [2.24, 2.45) is 5.92 Å². The largest absolute Gasteiger partial charge is 0.481 e. The van der Waals surface area contributed by atoms with Crippen LogP contribution in [0.3, 0.4) is 0 Å². The van der Waals surface area contributed by atoms with Crippen LogP contribution < -0.4 is 5.32 Å². The highest BCUT2D eigenvalue weighted by Gasteiger charge is 2.26. The van der Waals surface area contributed by atoms with Gasteiger partial charge in [0.15, 0.2) is 5.65 Å². The molecular formula is C14H16N4O3. The van der Waals surface area contributed by atoms with E-state index in [1.165, 1.54) is 6.33 Å². The molecule has 1 saturated carbocycles. The minimum Gasteiger partial charge on any atom is -0.481 e. The minimum atomic E-state index is -0.739. The Hall–Kier alpha value is -2.44. The molecule has 3 rings (SSSR count). The molecule has 7 heteroatoms. The van der Waals surface area contributed by atoms with Crippen molar-refractivity contribution >= 4 is 17.5 Å². The maximum atomic E-state index is 12.2. The van der Waals surface area contributed by atoms with Gasteiger partial charge in [-0.15, -0.1) is 0 Å². The molecule has 2 aromatic heterocycles. The predicted octanol–water partition coefficient (Wildman–Crippen LogP) is 1.10. The van der Waals surface area contributed by atoms with Crippen molar-refractivity contribution in [2.45, 2.75) is 31.7 Å². The summed E-state index contributed by atoms with van der Waals surface area (Å²) in [6, 6.07) is 3.49. The summed E-state index contributed by atoms with van der Waals surface area (Å²) >= 11 is 0. The van der Waals surface area contributed by atoms with Gasteiger partial charge >= 0.3 is 5.97 Å². The van der Waals surface area contributed by atoms with Crippen LogP contribution in [0, 0.1) is 5.92 Å². The fourth-order valence-electron chi connectivity index (χ4n) is 2.70. The Morgan fingerprint density at radius 1 is 1.24 bits per heavy atom. The zero-order chi connectivity index (χ0) is 14.8. The van der Waals surface area contributed by atoms with E-state index >= 15 is 0 Å². The average molecular weight is 288 g/mol. The number of nitrogens with zero attached hydrogens (tertiary/aromatic N) is 3. The summed E-state index contributed by atoms with van der Waals surface area (Å²) in [5, 5.41) is 15.9. The van der Waals surface area contributed by atoms with Crippen LogP contribution in [0.5, 0.6) is 0 Å². The molecule has 0 saturated heterocycles. The number of aromatic nitrogens is 3. The van der Waals surface area contributed by atoms with Gasteiger partial charge in [0, 0.05) is 12.2 Å². The average Bonchev–Trinajstić information content (AvgIpc) is 2.95. The molecular weight excluding hydrogens is 272 g/mol. The Balaban J connectivity index is 1.62. The number of carbonyl (C=O) groups excluding carboxylic acids is 1. The lowest BCUT2D eigenvalue weighted by Gasteiger charge is -2.26. The molecule has 0 bridgehead atoms. The number of rotatable bonds is 3. The molecule has 7 nitrogen and oxygen atoms in total. The Bertz CT molecular complexity index is 674. The van der Waals surface area contributed by atoms with Crippen LogP contribution >= 0.6 is 0 Å². The van der Waals surface area contributed by atoms with Crippen molar-refractivity contribution < 1.29 is 14.7 Å². The number of hydrogen-bond acceptors (Lipinski definition) is 4. The van der Waals surface area contributed by atoms with Gasteiger partial charge in [-0.05, 0) is 37.8 Å². The monoisotopic (exact) mass is 288 g/mol. The molecule has 2 aromatic rings. The number of carboxylic acids is 1. The lowest BCUT2D eigenvalue weighted by Crippen LogP contribution is -2.38. The molecule has 0 spiro atoms. The van der Waals surface area contributed by atoms with Crippen LogP contribution in [0.15, 0.2) is 24.7 Å². The second-order valence-electron chi connectivity index (χ2n) is 5.34. The van der Waals surface area contributed by atoms with Gasteiger partial charge in [0.1, 0.15) is 6.33 Å². The zero-order valence-electron chi connectivity index (χ0n) is 11.4. The van der Waals surface area contributed by atoms with Crippen LogP contribution in [0.25, 0.3) is 5.65 Å². The van der Waals surface area contributed by atoms with Crippen molar-refractivity contribution in [3.05, 3.63) is 30.2 Å². The lowest BCUT2D eigenvalue weighted by atomic mass is 9.86. The molecule has 0 unspecified atom stereocenters. The number of nitrogens with one attached hydrogen (secondary N) is 1. The summed E-state index contributed by atoms with van der Waals surface area (Å²) in [5.41, 5.74) is 1.21. The third-order valence-corrected chi connectivity index (χ3v) is 3.95. The van der Waals surface area contributed by atoms with Crippen molar-refractivity contribution in [3.8, 4) is 0 Å². The second kappa shape index (κ2) is 5.51. The fraction of sp³-hybridized carbons (Fsp3) is 0.429. The molecule has 0 aromatic carbocycles. The number of carbonyl (C=O) groups is 2. The highest BCUT2D eigenvalue weighted by Crippen LogP contribution is 2.24. The van der Waals surface area contributed by atoms with Crippen LogP contribution in [-0.2, 0) is 4.79 Å². The first-order chi connectivity index (χ1) is 10.1. The summed E-state index contributed by atoms with van der Waals surface area (Å²) in [7, 11) is 0. The van der Waals surface area contributed by atoms with Crippen LogP contribution in [0.1, 0.15) is 36.0 Å². The molecule has 1 aliphatic rings. The Morgan fingerprint density at radius 3 is 2.71 bits per heavy atom. The normalized spacial score (nSPS) is 22.1. The quantitative estimate of drug-likeness (QED) is 0.881. The van der Waals surface area contributed by atoms with Gasteiger partial charge in [-0.1, -0.05) is 0 Å². The molecule has 1 aliphatic carbocycles. The van der Waals surface area contributed by atoms with E-state index in [0.29, 0.717) is 36.9 Å². The van der Waals surface area contributed by atoms with Gasteiger partial charge in [0.2, 0.25) is 0 Å². The first-order valence-corrected chi connectivity index (χ1v) is 6.96. The lowest BCUT2D eigenvalue weighted by molar-refractivity contribution is -0.142. The highest BCUT2D eigenvalue weighted by atomic mass is 16.4. The smallest absolute Gasteiger partial charge is 0.306 e.